The van der Waals surface area contributed by atoms with Crippen molar-refractivity contribution in [2.75, 3.05) is 0 Å². The third-order valence-electron chi connectivity index (χ3n) is 2.08. The largest absolute Gasteiger partial charge is 0.481 e. The zero-order chi connectivity index (χ0) is 13.0. The first-order valence-electron chi connectivity index (χ1n) is 4.69. The normalized spacial score (nSPS) is 14.0. The van der Waals surface area contributed by atoms with Gasteiger partial charge in [-0.3, -0.25) is 9.78 Å². The number of aliphatic carboxylic acids is 1. The molecule has 7 nitrogen and oxygen atoms in total. The van der Waals surface area contributed by atoms with Crippen LogP contribution in [0.4, 0.5) is 0 Å². The summed E-state index contributed by atoms with van der Waals surface area (Å²) in [5.74, 6) is -2.41. The van der Waals surface area contributed by atoms with Gasteiger partial charge >= 0.3 is 11.9 Å². The molecule has 0 fully saturated rings. The van der Waals surface area contributed by atoms with Gasteiger partial charge in [-0.2, -0.15) is 0 Å². The summed E-state index contributed by atoms with van der Waals surface area (Å²) in [6, 6.07) is 2.43. The second-order valence-electron chi connectivity index (χ2n) is 3.39. The maximum absolute atomic E-state index is 10.5. The molecular weight excluding hydrogens is 230 g/mol. The van der Waals surface area contributed by atoms with Crippen molar-refractivity contribution in [3.63, 3.8) is 0 Å². The van der Waals surface area contributed by atoms with E-state index in [1.165, 1.54) is 12.1 Å². The number of aromatic nitrogens is 1. The molecule has 0 radical (unpaired) electrons. The van der Waals surface area contributed by atoms with Crippen molar-refractivity contribution in [3.05, 3.63) is 29.6 Å². The maximum Gasteiger partial charge on any atom is 0.337 e. The molecule has 17 heavy (non-hydrogen) atoms. The van der Waals surface area contributed by atoms with Crippen LogP contribution in [-0.2, 0) is 4.79 Å². The van der Waals surface area contributed by atoms with E-state index in [0.717, 1.165) is 6.20 Å². The first kappa shape index (κ1) is 13.1. The van der Waals surface area contributed by atoms with Gasteiger partial charge in [0, 0.05) is 6.20 Å². The van der Waals surface area contributed by atoms with Crippen LogP contribution in [0, 0.1) is 0 Å². The van der Waals surface area contributed by atoms with Crippen LogP contribution in [0.2, 0.25) is 0 Å². The lowest BCUT2D eigenvalue weighted by Gasteiger charge is -2.15. The topological polar surface area (TPSA) is 128 Å². The van der Waals surface area contributed by atoms with Crippen molar-refractivity contribution in [2.45, 2.75) is 18.6 Å². The number of carboxylic acids is 2. The Kier molecular flexibility index (Phi) is 4.13. The molecule has 2 unspecified atom stereocenters. The van der Waals surface area contributed by atoms with Crippen molar-refractivity contribution in [3.8, 4) is 0 Å². The number of hydrogen-bond donors (Lipinski definition) is 4. The molecule has 92 valence electrons. The highest BCUT2D eigenvalue weighted by atomic mass is 16.4. The van der Waals surface area contributed by atoms with E-state index in [1.54, 1.807) is 0 Å². The standard InChI is InChI=1S/C10H11NO6/c12-7(3-8(13)14)9(15)6-2-1-5(4-11-6)10(16)17/h1-2,4,7,9,12,15H,3H2,(H,13,14)(H,16,17). The van der Waals surface area contributed by atoms with Gasteiger partial charge < -0.3 is 20.4 Å². The Morgan fingerprint density at radius 1 is 1.24 bits per heavy atom. The molecule has 1 rings (SSSR count). The number of rotatable bonds is 5. The number of nitrogens with zero attached hydrogens (tertiary/aromatic N) is 1. The van der Waals surface area contributed by atoms with Crippen molar-refractivity contribution in [1.29, 1.82) is 0 Å². The first-order chi connectivity index (χ1) is 7.91. The number of aliphatic hydroxyl groups is 2. The first-order valence-corrected chi connectivity index (χ1v) is 4.69. The summed E-state index contributed by atoms with van der Waals surface area (Å²) in [6.07, 6.45) is -2.55. The van der Waals surface area contributed by atoms with Gasteiger partial charge in [0.2, 0.25) is 0 Å². The van der Waals surface area contributed by atoms with Crippen LogP contribution in [0.1, 0.15) is 28.6 Å². The van der Waals surface area contributed by atoms with Crippen molar-refractivity contribution >= 4 is 11.9 Å². The van der Waals surface area contributed by atoms with Crippen LogP contribution in [0.15, 0.2) is 18.3 Å². The Bertz CT molecular complexity index is 415. The molecule has 0 saturated heterocycles. The van der Waals surface area contributed by atoms with Gasteiger partial charge in [-0.1, -0.05) is 0 Å². The molecule has 0 bridgehead atoms. The lowest BCUT2D eigenvalue weighted by molar-refractivity contribution is -0.141. The van der Waals surface area contributed by atoms with Gasteiger partial charge in [0.25, 0.3) is 0 Å². The highest BCUT2D eigenvalue weighted by molar-refractivity contribution is 5.87. The van der Waals surface area contributed by atoms with Gasteiger partial charge in [0.1, 0.15) is 6.10 Å². The van der Waals surface area contributed by atoms with Crippen LogP contribution < -0.4 is 0 Å². The number of carbonyl (C=O) groups is 2. The average Bonchev–Trinajstić information content (AvgIpc) is 2.27. The fourth-order valence-electron chi connectivity index (χ4n) is 1.19. The number of aromatic carboxylic acids is 1. The van der Waals surface area contributed by atoms with E-state index in [-0.39, 0.29) is 11.3 Å². The fourth-order valence-corrected chi connectivity index (χ4v) is 1.19. The third kappa shape index (κ3) is 3.51. The Balaban J connectivity index is 2.78. The van der Waals surface area contributed by atoms with Crippen molar-refractivity contribution in [1.82, 2.24) is 4.98 Å². The third-order valence-corrected chi connectivity index (χ3v) is 2.08. The second kappa shape index (κ2) is 5.37. The molecule has 0 amide bonds. The SMILES string of the molecule is O=C(O)CC(O)C(O)c1ccc(C(=O)O)cn1. The lowest BCUT2D eigenvalue weighted by atomic mass is 10.1. The molecule has 7 heteroatoms. The molecule has 1 aromatic heterocycles. The number of pyridine rings is 1. The predicted octanol–water partition coefficient (Wildman–Crippen LogP) is -0.351. The van der Waals surface area contributed by atoms with Gasteiger partial charge in [-0.15, -0.1) is 0 Å². The summed E-state index contributed by atoms with van der Waals surface area (Å²) in [7, 11) is 0. The van der Waals surface area contributed by atoms with Gasteiger partial charge in [-0.05, 0) is 12.1 Å². The Morgan fingerprint density at radius 3 is 2.29 bits per heavy atom. The molecule has 0 spiro atoms. The van der Waals surface area contributed by atoms with E-state index >= 15 is 0 Å². The minimum absolute atomic E-state index is 0.0174. The minimum Gasteiger partial charge on any atom is -0.481 e. The Labute approximate surface area is 96.0 Å². The summed E-state index contributed by atoms with van der Waals surface area (Å²) in [4.78, 5) is 24.5. The van der Waals surface area contributed by atoms with Crippen molar-refractivity contribution in [2.24, 2.45) is 0 Å². The summed E-state index contributed by atoms with van der Waals surface area (Å²) < 4.78 is 0. The molecule has 0 aromatic carbocycles. The molecule has 4 N–H and O–H groups in total. The van der Waals surface area contributed by atoms with E-state index in [0.29, 0.717) is 0 Å². The summed E-state index contributed by atoms with van der Waals surface area (Å²) in [5, 5.41) is 35.9. The van der Waals surface area contributed by atoms with Gasteiger partial charge in [0.15, 0.2) is 0 Å². The van der Waals surface area contributed by atoms with E-state index in [9.17, 15) is 19.8 Å². The molecule has 0 aliphatic heterocycles. The predicted molar refractivity (Wildman–Crippen MR) is 54.4 cm³/mol. The quantitative estimate of drug-likeness (QED) is 0.554. The molecule has 1 heterocycles. The second-order valence-corrected chi connectivity index (χ2v) is 3.39. The molecule has 2 atom stereocenters. The number of carboxylic acid groups (broad SMARTS) is 2. The molecule has 1 aromatic rings. The zero-order valence-corrected chi connectivity index (χ0v) is 8.65. The van der Waals surface area contributed by atoms with E-state index in [4.69, 9.17) is 10.2 Å². The highest BCUT2D eigenvalue weighted by Gasteiger charge is 2.22. The van der Waals surface area contributed by atoms with Crippen LogP contribution in [0.5, 0.6) is 0 Å². The average molecular weight is 241 g/mol. The lowest BCUT2D eigenvalue weighted by Crippen LogP contribution is -2.22. The highest BCUT2D eigenvalue weighted by Crippen LogP contribution is 2.17. The summed E-state index contributed by atoms with van der Waals surface area (Å²) in [5.41, 5.74) is -0.0441. The minimum atomic E-state index is -1.49. The van der Waals surface area contributed by atoms with Crippen LogP contribution >= 0.6 is 0 Å². The number of aliphatic hydroxyl groups excluding tert-OH is 2. The van der Waals surface area contributed by atoms with E-state index in [1.807, 2.05) is 0 Å². The maximum atomic E-state index is 10.5. The monoisotopic (exact) mass is 241 g/mol. The number of hydrogen-bond acceptors (Lipinski definition) is 5. The fraction of sp³-hybridized carbons (Fsp3) is 0.300. The smallest absolute Gasteiger partial charge is 0.337 e. The van der Waals surface area contributed by atoms with Crippen LogP contribution in [0.25, 0.3) is 0 Å². The summed E-state index contributed by atoms with van der Waals surface area (Å²) in [6.45, 7) is 0. The van der Waals surface area contributed by atoms with E-state index in [2.05, 4.69) is 4.98 Å². The summed E-state index contributed by atoms with van der Waals surface area (Å²) >= 11 is 0. The van der Waals surface area contributed by atoms with Crippen molar-refractivity contribution < 1.29 is 30.0 Å². The zero-order valence-electron chi connectivity index (χ0n) is 8.65. The van der Waals surface area contributed by atoms with E-state index < -0.39 is 30.6 Å². The van der Waals surface area contributed by atoms with Crippen LogP contribution in [-0.4, -0.2) is 43.5 Å². The van der Waals surface area contributed by atoms with Gasteiger partial charge in [0.05, 0.1) is 23.8 Å². The molecule has 0 saturated carbocycles. The molecular formula is C10H11NO6. The van der Waals surface area contributed by atoms with Gasteiger partial charge in [-0.25, -0.2) is 4.79 Å². The molecule has 0 aliphatic rings. The van der Waals surface area contributed by atoms with Crippen LogP contribution in [0.3, 0.4) is 0 Å². The molecule has 0 aliphatic carbocycles. The Morgan fingerprint density at radius 2 is 1.88 bits per heavy atom. The Hall–Kier alpha value is -1.99.